The summed E-state index contributed by atoms with van der Waals surface area (Å²) < 4.78 is 13.3. The summed E-state index contributed by atoms with van der Waals surface area (Å²) in [7, 11) is 0. The minimum absolute atomic E-state index is 0.105. The molecule has 2 aromatic carbocycles. The molecule has 0 saturated carbocycles. The molecular weight excluding hydrogens is 419 g/mol. The molecular formula is C16H13Br2ClO2. The van der Waals surface area contributed by atoms with Crippen molar-refractivity contribution in [2.45, 2.75) is 11.9 Å². The molecule has 1 fully saturated rings. The molecule has 1 aliphatic rings. The first-order valence-electron chi connectivity index (χ1n) is 6.53. The summed E-state index contributed by atoms with van der Waals surface area (Å²) in [6, 6.07) is 15.7. The van der Waals surface area contributed by atoms with Gasteiger partial charge in [0.15, 0.2) is 0 Å². The van der Waals surface area contributed by atoms with E-state index in [-0.39, 0.29) is 6.10 Å². The van der Waals surface area contributed by atoms with Crippen molar-refractivity contribution in [3.63, 3.8) is 0 Å². The summed E-state index contributed by atoms with van der Waals surface area (Å²) in [5.74, 6) is -0.837. The molecule has 0 aliphatic carbocycles. The normalized spacial score (nSPS) is 25.2. The Hall–Kier alpha value is -0.390. The van der Waals surface area contributed by atoms with Crippen molar-refractivity contribution >= 4 is 43.5 Å². The Bertz CT molecular complexity index is 632. The van der Waals surface area contributed by atoms with E-state index >= 15 is 0 Å². The van der Waals surface area contributed by atoms with Crippen molar-refractivity contribution in [1.29, 1.82) is 0 Å². The number of hydrogen-bond donors (Lipinski definition) is 0. The first-order valence-corrected chi connectivity index (χ1v) is 8.82. The van der Waals surface area contributed by atoms with Crippen LogP contribution in [-0.2, 0) is 15.3 Å². The van der Waals surface area contributed by atoms with Crippen molar-refractivity contribution in [2.75, 3.05) is 11.9 Å². The maximum Gasteiger partial charge on any atom is 0.207 e. The molecule has 5 heteroatoms. The number of hydrogen-bond acceptors (Lipinski definition) is 2. The zero-order valence-electron chi connectivity index (χ0n) is 11.1. The van der Waals surface area contributed by atoms with E-state index in [1.165, 1.54) is 0 Å². The molecule has 2 aromatic rings. The maximum atomic E-state index is 6.30. The molecule has 3 rings (SSSR count). The van der Waals surface area contributed by atoms with Gasteiger partial charge in [-0.1, -0.05) is 73.8 Å². The molecule has 110 valence electrons. The quantitative estimate of drug-likeness (QED) is 0.602. The third kappa shape index (κ3) is 3.06. The minimum Gasteiger partial charge on any atom is -0.342 e. The number of rotatable bonds is 3. The highest BCUT2D eigenvalue weighted by atomic mass is 79.9. The summed E-state index contributed by atoms with van der Waals surface area (Å²) in [6.45, 7) is 0.498. The predicted octanol–water partition coefficient (Wildman–Crippen LogP) is 5.44. The molecule has 0 radical (unpaired) electrons. The van der Waals surface area contributed by atoms with Crippen LogP contribution in [-0.4, -0.2) is 11.9 Å². The molecule has 0 amide bonds. The summed E-state index contributed by atoms with van der Waals surface area (Å²) >= 11 is 13.2. The fourth-order valence-electron chi connectivity index (χ4n) is 2.40. The zero-order chi connectivity index (χ0) is 14.9. The summed E-state index contributed by atoms with van der Waals surface area (Å²) in [4.78, 5) is 0. The molecule has 0 unspecified atom stereocenters. The van der Waals surface area contributed by atoms with Crippen LogP contribution in [0.4, 0.5) is 0 Å². The molecule has 2 nitrogen and oxygen atoms in total. The van der Waals surface area contributed by atoms with Gasteiger partial charge in [0.1, 0.15) is 6.10 Å². The van der Waals surface area contributed by atoms with Crippen LogP contribution in [0.25, 0.3) is 0 Å². The average Bonchev–Trinajstić information content (AvgIpc) is 2.94. The van der Waals surface area contributed by atoms with Crippen LogP contribution in [0.1, 0.15) is 17.2 Å². The fraction of sp³-hybridized carbons (Fsp3) is 0.250. The summed E-state index contributed by atoms with van der Waals surface area (Å²) in [5, 5.41) is 1.17. The molecule has 1 saturated heterocycles. The van der Waals surface area contributed by atoms with E-state index in [0.717, 1.165) is 15.6 Å². The predicted molar refractivity (Wildman–Crippen MR) is 90.8 cm³/mol. The maximum absolute atomic E-state index is 6.30. The van der Waals surface area contributed by atoms with E-state index in [1.54, 1.807) is 0 Å². The number of halogens is 3. The molecule has 21 heavy (non-hydrogen) atoms. The smallest absolute Gasteiger partial charge is 0.207 e. The second-order valence-corrected chi connectivity index (χ2v) is 6.72. The van der Waals surface area contributed by atoms with Crippen LogP contribution in [0.3, 0.4) is 0 Å². The van der Waals surface area contributed by atoms with Crippen LogP contribution in [0.15, 0.2) is 53.0 Å². The van der Waals surface area contributed by atoms with Gasteiger partial charge in [-0.2, -0.15) is 0 Å². The second-order valence-electron chi connectivity index (χ2n) is 4.84. The summed E-state index contributed by atoms with van der Waals surface area (Å²) in [6.07, 6.45) is -0.105. The Labute approximate surface area is 145 Å². The lowest BCUT2D eigenvalue weighted by Gasteiger charge is -2.27. The first kappa shape index (κ1) is 15.5. The Kier molecular flexibility index (Phi) is 4.71. The van der Waals surface area contributed by atoms with Gasteiger partial charge in [-0.25, -0.2) is 0 Å². The van der Waals surface area contributed by atoms with E-state index in [2.05, 4.69) is 31.9 Å². The third-order valence-electron chi connectivity index (χ3n) is 3.50. The Morgan fingerprint density at radius 1 is 1.14 bits per heavy atom. The number of alkyl halides is 1. The van der Waals surface area contributed by atoms with Gasteiger partial charge >= 0.3 is 0 Å². The van der Waals surface area contributed by atoms with Gasteiger partial charge in [0, 0.05) is 15.1 Å². The summed E-state index contributed by atoms with van der Waals surface area (Å²) in [5.41, 5.74) is 1.94. The van der Waals surface area contributed by atoms with Gasteiger partial charge in [-0.05, 0) is 23.8 Å². The van der Waals surface area contributed by atoms with Gasteiger partial charge in [0.05, 0.1) is 11.9 Å². The largest absolute Gasteiger partial charge is 0.342 e. The van der Waals surface area contributed by atoms with Gasteiger partial charge < -0.3 is 9.47 Å². The SMILES string of the molecule is Clc1ccccc1[C@]1(CBr)OC[C@H](c2ccc(Br)cc2)O1. The van der Waals surface area contributed by atoms with E-state index in [1.807, 2.05) is 48.5 Å². The van der Waals surface area contributed by atoms with Crippen LogP contribution in [0, 0.1) is 0 Å². The van der Waals surface area contributed by atoms with Crippen molar-refractivity contribution < 1.29 is 9.47 Å². The lowest BCUT2D eigenvalue weighted by atomic mass is 10.1. The first-order chi connectivity index (χ1) is 10.1. The highest BCUT2D eigenvalue weighted by molar-refractivity contribution is 9.10. The zero-order valence-corrected chi connectivity index (χ0v) is 15.0. The minimum atomic E-state index is -0.837. The van der Waals surface area contributed by atoms with E-state index in [0.29, 0.717) is 17.0 Å². The van der Waals surface area contributed by atoms with Crippen LogP contribution in [0.2, 0.25) is 5.02 Å². The van der Waals surface area contributed by atoms with Gasteiger partial charge in [-0.3, -0.25) is 0 Å². The van der Waals surface area contributed by atoms with Crippen LogP contribution < -0.4 is 0 Å². The molecule has 0 N–H and O–H groups in total. The molecule has 1 aliphatic heterocycles. The monoisotopic (exact) mass is 430 g/mol. The molecule has 2 atom stereocenters. The highest BCUT2D eigenvalue weighted by Crippen LogP contribution is 2.44. The topological polar surface area (TPSA) is 18.5 Å². The van der Waals surface area contributed by atoms with E-state index in [4.69, 9.17) is 21.1 Å². The number of ether oxygens (including phenoxy) is 2. The van der Waals surface area contributed by atoms with E-state index < -0.39 is 5.79 Å². The van der Waals surface area contributed by atoms with Crippen molar-refractivity contribution in [3.8, 4) is 0 Å². The van der Waals surface area contributed by atoms with Crippen LogP contribution in [0.5, 0.6) is 0 Å². The Balaban J connectivity index is 1.90. The lowest BCUT2D eigenvalue weighted by Crippen LogP contribution is -2.29. The highest BCUT2D eigenvalue weighted by Gasteiger charge is 2.44. The molecule has 0 bridgehead atoms. The van der Waals surface area contributed by atoms with Gasteiger partial charge in [0.2, 0.25) is 5.79 Å². The van der Waals surface area contributed by atoms with Crippen molar-refractivity contribution in [3.05, 3.63) is 69.2 Å². The average molecular weight is 433 g/mol. The van der Waals surface area contributed by atoms with Crippen molar-refractivity contribution in [2.24, 2.45) is 0 Å². The molecule has 0 aromatic heterocycles. The Morgan fingerprint density at radius 3 is 2.52 bits per heavy atom. The third-order valence-corrected chi connectivity index (χ3v) is 5.10. The van der Waals surface area contributed by atoms with Crippen LogP contribution >= 0.6 is 43.5 Å². The van der Waals surface area contributed by atoms with Gasteiger partial charge in [0.25, 0.3) is 0 Å². The molecule has 0 spiro atoms. The standard InChI is InChI=1S/C16H13Br2ClO2/c17-10-16(13-3-1-2-4-14(13)19)20-9-15(21-16)11-5-7-12(18)8-6-11/h1-8,15H,9-10H2/t15-,16-/m1/s1. The van der Waals surface area contributed by atoms with Gasteiger partial charge in [-0.15, -0.1) is 0 Å². The lowest BCUT2D eigenvalue weighted by molar-refractivity contribution is -0.157. The van der Waals surface area contributed by atoms with Crippen molar-refractivity contribution in [1.82, 2.24) is 0 Å². The Morgan fingerprint density at radius 2 is 1.86 bits per heavy atom. The number of benzene rings is 2. The fourth-order valence-corrected chi connectivity index (χ4v) is 3.54. The second kappa shape index (κ2) is 6.39. The molecule has 1 heterocycles. The van der Waals surface area contributed by atoms with E-state index in [9.17, 15) is 0 Å².